The monoisotopic (exact) mass is 274 g/mol. The molecule has 0 saturated heterocycles. The largest absolute Gasteiger partial charge is 0.508 e. The van der Waals surface area contributed by atoms with E-state index in [2.05, 4.69) is 55.5 Å². The Labute approximate surface area is 125 Å². The van der Waals surface area contributed by atoms with Crippen molar-refractivity contribution >= 4 is 0 Å². The summed E-state index contributed by atoms with van der Waals surface area (Å²) in [6.07, 6.45) is 0. The Kier molecular flexibility index (Phi) is 3.74. The summed E-state index contributed by atoms with van der Waals surface area (Å²) < 4.78 is 0. The molecule has 0 aliphatic carbocycles. The van der Waals surface area contributed by atoms with E-state index in [-0.39, 0.29) is 0 Å². The third-order valence-corrected chi connectivity index (χ3v) is 3.89. The molecule has 0 saturated carbocycles. The molecule has 21 heavy (non-hydrogen) atoms. The molecule has 0 spiro atoms. The van der Waals surface area contributed by atoms with E-state index in [9.17, 15) is 5.11 Å². The van der Waals surface area contributed by atoms with Gasteiger partial charge in [0.05, 0.1) is 0 Å². The van der Waals surface area contributed by atoms with Gasteiger partial charge in [0.1, 0.15) is 5.75 Å². The van der Waals surface area contributed by atoms with Gasteiger partial charge in [-0.05, 0) is 34.4 Å². The summed E-state index contributed by atoms with van der Waals surface area (Å²) in [6, 6.07) is 26.5. The minimum atomic E-state index is 0.299. The van der Waals surface area contributed by atoms with Crippen LogP contribution in [0, 0.1) is 0 Å². The second kappa shape index (κ2) is 5.84. The SMILES string of the molecule is CC(c1ccccc1)c1cccc(-c2ccc(O)cc2)c1. The summed E-state index contributed by atoms with van der Waals surface area (Å²) in [6.45, 7) is 2.23. The van der Waals surface area contributed by atoms with Gasteiger partial charge in [0.25, 0.3) is 0 Å². The number of hydrogen-bond donors (Lipinski definition) is 1. The minimum Gasteiger partial charge on any atom is -0.508 e. The molecule has 0 bridgehead atoms. The summed E-state index contributed by atoms with van der Waals surface area (Å²) in [5.41, 5.74) is 4.91. The van der Waals surface area contributed by atoms with Crippen LogP contribution in [0.1, 0.15) is 24.0 Å². The molecule has 0 aromatic heterocycles. The molecular weight excluding hydrogens is 256 g/mol. The molecule has 1 unspecified atom stereocenters. The van der Waals surface area contributed by atoms with Gasteiger partial charge in [0, 0.05) is 5.92 Å². The molecule has 1 atom stereocenters. The number of rotatable bonds is 3. The van der Waals surface area contributed by atoms with E-state index in [0.29, 0.717) is 11.7 Å². The molecule has 0 heterocycles. The molecule has 1 heteroatoms. The van der Waals surface area contributed by atoms with Crippen molar-refractivity contribution in [3.63, 3.8) is 0 Å². The van der Waals surface area contributed by atoms with Gasteiger partial charge in [-0.2, -0.15) is 0 Å². The standard InChI is InChI=1S/C20H18O/c1-15(16-6-3-2-4-7-16)18-8-5-9-19(14-18)17-10-12-20(21)13-11-17/h2-15,21H,1H3. The molecule has 0 fully saturated rings. The minimum absolute atomic E-state index is 0.299. The van der Waals surface area contributed by atoms with Crippen LogP contribution < -0.4 is 0 Å². The molecular formula is C20H18O. The molecule has 0 aliphatic rings. The molecule has 0 amide bonds. The van der Waals surface area contributed by atoms with E-state index < -0.39 is 0 Å². The zero-order chi connectivity index (χ0) is 14.7. The van der Waals surface area contributed by atoms with E-state index in [1.54, 1.807) is 12.1 Å². The summed E-state index contributed by atoms with van der Waals surface area (Å²) in [4.78, 5) is 0. The van der Waals surface area contributed by atoms with Crippen molar-refractivity contribution in [3.05, 3.63) is 90.0 Å². The van der Waals surface area contributed by atoms with Crippen molar-refractivity contribution in [3.8, 4) is 16.9 Å². The van der Waals surface area contributed by atoms with Crippen molar-refractivity contribution in [1.29, 1.82) is 0 Å². The van der Waals surface area contributed by atoms with Gasteiger partial charge in [-0.25, -0.2) is 0 Å². The first-order valence-electron chi connectivity index (χ1n) is 7.18. The fourth-order valence-corrected chi connectivity index (χ4v) is 2.58. The fourth-order valence-electron chi connectivity index (χ4n) is 2.58. The Morgan fingerprint density at radius 3 is 2.05 bits per heavy atom. The predicted octanol–water partition coefficient (Wildman–Crippen LogP) is 5.21. The normalized spacial score (nSPS) is 12.0. The zero-order valence-electron chi connectivity index (χ0n) is 12.0. The number of phenolic OH excluding ortho intramolecular Hbond substituents is 1. The highest BCUT2D eigenvalue weighted by Crippen LogP contribution is 2.28. The van der Waals surface area contributed by atoms with Crippen LogP contribution in [0.25, 0.3) is 11.1 Å². The average molecular weight is 274 g/mol. The van der Waals surface area contributed by atoms with Gasteiger partial charge in [-0.1, -0.05) is 73.7 Å². The number of phenols is 1. The van der Waals surface area contributed by atoms with Crippen LogP contribution in [-0.2, 0) is 0 Å². The maximum absolute atomic E-state index is 9.40. The van der Waals surface area contributed by atoms with Gasteiger partial charge in [-0.3, -0.25) is 0 Å². The number of hydrogen-bond acceptors (Lipinski definition) is 1. The Morgan fingerprint density at radius 2 is 1.33 bits per heavy atom. The Bertz CT molecular complexity index is 714. The lowest BCUT2D eigenvalue weighted by molar-refractivity contribution is 0.475. The summed E-state index contributed by atoms with van der Waals surface area (Å²) >= 11 is 0. The lowest BCUT2D eigenvalue weighted by atomic mass is 9.91. The highest BCUT2D eigenvalue weighted by Gasteiger charge is 2.09. The second-order valence-corrected chi connectivity index (χ2v) is 5.30. The van der Waals surface area contributed by atoms with Crippen LogP contribution in [0.5, 0.6) is 5.75 Å². The molecule has 0 radical (unpaired) electrons. The first-order valence-corrected chi connectivity index (χ1v) is 7.18. The Hall–Kier alpha value is -2.54. The van der Waals surface area contributed by atoms with Gasteiger partial charge >= 0.3 is 0 Å². The van der Waals surface area contributed by atoms with Crippen molar-refractivity contribution < 1.29 is 5.11 Å². The quantitative estimate of drug-likeness (QED) is 0.695. The van der Waals surface area contributed by atoms with Crippen LogP contribution in [0.3, 0.4) is 0 Å². The number of aromatic hydroxyl groups is 1. The van der Waals surface area contributed by atoms with E-state index in [1.165, 1.54) is 16.7 Å². The van der Waals surface area contributed by atoms with Gasteiger partial charge in [0.15, 0.2) is 0 Å². The second-order valence-electron chi connectivity index (χ2n) is 5.30. The lowest BCUT2D eigenvalue weighted by Crippen LogP contribution is -1.95. The lowest BCUT2D eigenvalue weighted by Gasteiger charge is -2.14. The van der Waals surface area contributed by atoms with Crippen molar-refractivity contribution in [2.24, 2.45) is 0 Å². The molecule has 3 aromatic carbocycles. The smallest absolute Gasteiger partial charge is 0.115 e. The summed E-state index contributed by atoms with van der Waals surface area (Å²) in [5, 5.41) is 9.40. The topological polar surface area (TPSA) is 20.2 Å². The van der Waals surface area contributed by atoms with E-state index >= 15 is 0 Å². The van der Waals surface area contributed by atoms with Crippen LogP contribution in [0.15, 0.2) is 78.9 Å². The Balaban J connectivity index is 1.95. The summed E-state index contributed by atoms with van der Waals surface area (Å²) in [7, 11) is 0. The fraction of sp³-hybridized carbons (Fsp3) is 0.100. The molecule has 104 valence electrons. The first kappa shape index (κ1) is 13.4. The van der Waals surface area contributed by atoms with Crippen LogP contribution in [-0.4, -0.2) is 5.11 Å². The molecule has 3 aromatic rings. The summed E-state index contributed by atoms with van der Waals surface area (Å²) in [5.74, 6) is 0.663. The van der Waals surface area contributed by atoms with Crippen molar-refractivity contribution in [2.45, 2.75) is 12.8 Å². The highest BCUT2D eigenvalue weighted by molar-refractivity contribution is 5.65. The number of benzene rings is 3. The molecule has 1 nitrogen and oxygen atoms in total. The maximum Gasteiger partial charge on any atom is 0.115 e. The van der Waals surface area contributed by atoms with Crippen LogP contribution in [0.2, 0.25) is 0 Å². The molecule has 3 rings (SSSR count). The zero-order valence-corrected chi connectivity index (χ0v) is 12.0. The van der Waals surface area contributed by atoms with E-state index in [0.717, 1.165) is 5.56 Å². The van der Waals surface area contributed by atoms with Gasteiger partial charge in [-0.15, -0.1) is 0 Å². The van der Waals surface area contributed by atoms with Crippen molar-refractivity contribution in [1.82, 2.24) is 0 Å². The Morgan fingerprint density at radius 1 is 0.667 bits per heavy atom. The first-order chi connectivity index (χ1) is 10.2. The highest BCUT2D eigenvalue weighted by atomic mass is 16.3. The van der Waals surface area contributed by atoms with E-state index in [4.69, 9.17) is 0 Å². The third kappa shape index (κ3) is 2.97. The van der Waals surface area contributed by atoms with Crippen LogP contribution in [0.4, 0.5) is 0 Å². The predicted molar refractivity (Wildman–Crippen MR) is 87.5 cm³/mol. The van der Waals surface area contributed by atoms with Gasteiger partial charge in [0.2, 0.25) is 0 Å². The van der Waals surface area contributed by atoms with Crippen molar-refractivity contribution in [2.75, 3.05) is 0 Å². The van der Waals surface area contributed by atoms with E-state index in [1.807, 2.05) is 18.2 Å². The molecule has 1 N–H and O–H groups in total. The average Bonchev–Trinajstić information content (AvgIpc) is 2.56. The van der Waals surface area contributed by atoms with Gasteiger partial charge < -0.3 is 5.11 Å². The molecule has 0 aliphatic heterocycles. The maximum atomic E-state index is 9.40. The third-order valence-electron chi connectivity index (χ3n) is 3.89. The van der Waals surface area contributed by atoms with Crippen LogP contribution >= 0.6 is 0 Å².